The number of nitrogens with zero attached hydrogens (tertiary/aromatic N) is 2. The van der Waals surface area contributed by atoms with Crippen molar-refractivity contribution in [3.63, 3.8) is 0 Å². The van der Waals surface area contributed by atoms with Crippen molar-refractivity contribution >= 4 is 34.7 Å². The third-order valence-electron chi connectivity index (χ3n) is 5.54. The van der Waals surface area contributed by atoms with Gasteiger partial charge in [0.2, 0.25) is 0 Å². The normalized spacial score (nSPS) is 17.4. The van der Waals surface area contributed by atoms with Crippen LogP contribution >= 0.6 is 11.6 Å². The molecule has 1 unspecified atom stereocenters. The number of anilines is 1. The molecule has 3 aromatic rings. The smallest absolute Gasteiger partial charge is 0.300 e. The fourth-order valence-electron chi connectivity index (χ4n) is 3.89. The van der Waals surface area contributed by atoms with Gasteiger partial charge in [-0.3, -0.25) is 19.5 Å². The lowest BCUT2D eigenvalue weighted by Gasteiger charge is -2.24. The van der Waals surface area contributed by atoms with Gasteiger partial charge in [0.1, 0.15) is 17.6 Å². The standard InChI is InChI=1S/C27H25ClN2O4/c1-16(2)15-34-22-12-7-18(14-17(22)3)25(31)23-24(21-6-4-5-13-29-21)30(27(33)26(23)32)20-10-8-19(28)9-11-20/h4-14,16,24,31H,15H2,1-3H3/b25-23-. The minimum Gasteiger partial charge on any atom is -0.507 e. The summed E-state index contributed by atoms with van der Waals surface area (Å²) in [5.41, 5.74) is 2.16. The van der Waals surface area contributed by atoms with Crippen molar-refractivity contribution in [2.24, 2.45) is 5.92 Å². The molecule has 1 fully saturated rings. The van der Waals surface area contributed by atoms with Crippen molar-refractivity contribution in [1.29, 1.82) is 0 Å². The van der Waals surface area contributed by atoms with Gasteiger partial charge < -0.3 is 9.84 Å². The number of aliphatic hydroxyl groups excluding tert-OH is 1. The van der Waals surface area contributed by atoms with Gasteiger partial charge in [-0.2, -0.15) is 0 Å². The molecule has 2 aromatic carbocycles. The highest BCUT2D eigenvalue weighted by Crippen LogP contribution is 2.42. The van der Waals surface area contributed by atoms with Crippen LogP contribution in [0.5, 0.6) is 5.75 Å². The van der Waals surface area contributed by atoms with E-state index in [4.69, 9.17) is 16.3 Å². The Morgan fingerprint density at radius 2 is 1.85 bits per heavy atom. The quantitative estimate of drug-likeness (QED) is 0.280. The van der Waals surface area contributed by atoms with E-state index in [1.54, 1.807) is 66.9 Å². The number of amides is 1. The molecule has 0 aliphatic carbocycles. The Labute approximate surface area is 203 Å². The molecule has 6 nitrogen and oxygen atoms in total. The van der Waals surface area contributed by atoms with Gasteiger partial charge in [0, 0.05) is 22.5 Å². The number of carbonyl (C=O) groups excluding carboxylic acids is 2. The lowest BCUT2D eigenvalue weighted by Crippen LogP contribution is -2.29. The van der Waals surface area contributed by atoms with Crippen LogP contribution in [-0.4, -0.2) is 28.4 Å². The molecule has 1 aliphatic heterocycles. The molecule has 34 heavy (non-hydrogen) atoms. The van der Waals surface area contributed by atoms with Crippen LogP contribution in [0.15, 0.2) is 72.4 Å². The summed E-state index contributed by atoms with van der Waals surface area (Å²) in [4.78, 5) is 32.1. The first-order valence-electron chi connectivity index (χ1n) is 11.0. The lowest BCUT2D eigenvalue weighted by atomic mass is 9.97. The zero-order chi connectivity index (χ0) is 24.4. The minimum absolute atomic E-state index is 0.0195. The minimum atomic E-state index is -0.889. The van der Waals surface area contributed by atoms with E-state index in [0.29, 0.717) is 40.2 Å². The van der Waals surface area contributed by atoms with Crippen molar-refractivity contribution in [3.05, 3.63) is 94.3 Å². The highest BCUT2D eigenvalue weighted by molar-refractivity contribution is 6.51. The summed E-state index contributed by atoms with van der Waals surface area (Å²) in [5.74, 6) is -0.708. The van der Waals surface area contributed by atoms with Gasteiger partial charge in [-0.15, -0.1) is 0 Å². The topological polar surface area (TPSA) is 79.7 Å². The van der Waals surface area contributed by atoms with Gasteiger partial charge in [0.15, 0.2) is 0 Å². The fourth-order valence-corrected chi connectivity index (χ4v) is 4.01. The van der Waals surface area contributed by atoms with Crippen LogP contribution < -0.4 is 9.64 Å². The monoisotopic (exact) mass is 476 g/mol. The van der Waals surface area contributed by atoms with Crippen molar-refractivity contribution < 1.29 is 19.4 Å². The summed E-state index contributed by atoms with van der Waals surface area (Å²) in [6.45, 7) is 6.56. The fraction of sp³-hybridized carbons (Fsp3) is 0.222. The summed E-state index contributed by atoms with van der Waals surface area (Å²) < 4.78 is 5.82. The average molecular weight is 477 g/mol. The number of aliphatic hydroxyl groups is 1. The Morgan fingerprint density at radius 3 is 2.47 bits per heavy atom. The van der Waals surface area contributed by atoms with E-state index >= 15 is 0 Å². The van der Waals surface area contributed by atoms with Crippen molar-refractivity contribution in [3.8, 4) is 5.75 Å². The number of ketones is 1. The van der Waals surface area contributed by atoms with E-state index in [9.17, 15) is 14.7 Å². The van der Waals surface area contributed by atoms with E-state index in [2.05, 4.69) is 18.8 Å². The van der Waals surface area contributed by atoms with Crippen molar-refractivity contribution in [2.75, 3.05) is 11.5 Å². The van der Waals surface area contributed by atoms with Gasteiger partial charge in [0.25, 0.3) is 11.7 Å². The van der Waals surface area contributed by atoms with Crippen LogP contribution in [0.3, 0.4) is 0 Å². The van der Waals surface area contributed by atoms with E-state index in [1.165, 1.54) is 4.90 Å². The number of pyridine rings is 1. The predicted molar refractivity (Wildman–Crippen MR) is 132 cm³/mol. The van der Waals surface area contributed by atoms with E-state index in [-0.39, 0.29) is 11.3 Å². The van der Waals surface area contributed by atoms with Crippen LogP contribution in [0.4, 0.5) is 5.69 Å². The number of benzene rings is 2. The number of carbonyl (C=O) groups is 2. The average Bonchev–Trinajstić information content (AvgIpc) is 3.09. The second-order valence-corrected chi connectivity index (χ2v) is 9.02. The number of rotatable bonds is 6. The zero-order valence-electron chi connectivity index (χ0n) is 19.2. The highest BCUT2D eigenvalue weighted by atomic mass is 35.5. The maximum absolute atomic E-state index is 13.2. The summed E-state index contributed by atoms with van der Waals surface area (Å²) >= 11 is 6.02. The molecule has 1 amide bonds. The SMILES string of the molecule is Cc1cc(/C(O)=C2/C(=O)C(=O)N(c3ccc(Cl)cc3)C2c2ccccn2)ccc1OCC(C)C. The molecular weight excluding hydrogens is 452 g/mol. The second kappa shape index (κ2) is 9.69. The number of Topliss-reactive ketones (excluding diaryl/α,β-unsaturated/α-hetero) is 1. The molecule has 1 atom stereocenters. The zero-order valence-corrected chi connectivity index (χ0v) is 19.9. The summed E-state index contributed by atoms with van der Waals surface area (Å²) in [5, 5.41) is 11.8. The number of hydrogen-bond donors (Lipinski definition) is 1. The number of aromatic nitrogens is 1. The molecule has 4 rings (SSSR count). The van der Waals surface area contributed by atoms with E-state index in [0.717, 1.165) is 5.56 Å². The van der Waals surface area contributed by atoms with Gasteiger partial charge in [0.05, 0.1) is 17.9 Å². The Hall–Kier alpha value is -3.64. The van der Waals surface area contributed by atoms with Crippen LogP contribution in [0.25, 0.3) is 5.76 Å². The van der Waals surface area contributed by atoms with Crippen LogP contribution in [0.2, 0.25) is 5.02 Å². The highest BCUT2D eigenvalue weighted by Gasteiger charge is 2.47. The first-order chi connectivity index (χ1) is 16.3. The lowest BCUT2D eigenvalue weighted by molar-refractivity contribution is -0.132. The number of ether oxygens (including phenoxy) is 1. The molecule has 0 saturated carbocycles. The molecule has 0 radical (unpaired) electrons. The molecule has 1 aromatic heterocycles. The van der Waals surface area contributed by atoms with E-state index in [1.807, 2.05) is 6.92 Å². The molecule has 7 heteroatoms. The Kier molecular flexibility index (Phi) is 6.70. The molecular formula is C27H25ClN2O4. The molecule has 1 aliphatic rings. The summed E-state index contributed by atoms with van der Waals surface area (Å²) in [6.07, 6.45) is 1.59. The third kappa shape index (κ3) is 4.54. The molecule has 0 spiro atoms. The van der Waals surface area contributed by atoms with Gasteiger partial charge >= 0.3 is 0 Å². The second-order valence-electron chi connectivity index (χ2n) is 8.59. The first-order valence-corrected chi connectivity index (χ1v) is 11.4. The Morgan fingerprint density at radius 1 is 1.12 bits per heavy atom. The number of hydrogen-bond acceptors (Lipinski definition) is 5. The van der Waals surface area contributed by atoms with Crippen molar-refractivity contribution in [1.82, 2.24) is 4.98 Å². The van der Waals surface area contributed by atoms with E-state index < -0.39 is 17.7 Å². The molecule has 1 N–H and O–H groups in total. The first kappa shape index (κ1) is 23.5. The maximum atomic E-state index is 13.2. The van der Waals surface area contributed by atoms with Gasteiger partial charge in [-0.25, -0.2) is 0 Å². The molecule has 174 valence electrons. The maximum Gasteiger partial charge on any atom is 0.300 e. The van der Waals surface area contributed by atoms with Crippen LogP contribution in [-0.2, 0) is 9.59 Å². The number of halogens is 1. The number of aryl methyl sites for hydroxylation is 1. The Bertz CT molecular complexity index is 1250. The third-order valence-corrected chi connectivity index (χ3v) is 5.79. The molecule has 0 bridgehead atoms. The Balaban J connectivity index is 1.83. The van der Waals surface area contributed by atoms with Crippen LogP contribution in [0, 0.1) is 12.8 Å². The summed E-state index contributed by atoms with van der Waals surface area (Å²) in [7, 11) is 0. The molecule has 1 saturated heterocycles. The largest absolute Gasteiger partial charge is 0.507 e. The van der Waals surface area contributed by atoms with Gasteiger partial charge in [-0.05, 0) is 73.0 Å². The summed E-state index contributed by atoms with van der Waals surface area (Å²) in [6, 6.07) is 16.2. The van der Waals surface area contributed by atoms with Crippen LogP contribution in [0.1, 0.15) is 36.7 Å². The molecule has 2 heterocycles. The van der Waals surface area contributed by atoms with Crippen molar-refractivity contribution in [2.45, 2.75) is 26.8 Å². The van der Waals surface area contributed by atoms with Gasteiger partial charge in [-0.1, -0.05) is 31.5 Å². The predicted octanol–water partition coefficient (Wildman–Crippen LogP) is 5.70.